The van der Waals surface area contributed by atoms with E-state index in [1.807, 2.05) is 0 Å². The van der Waals surface area contributed by atoms with Crippen LogP contribution in [0, 0.1) is 0 Å². The van der Waals surface area contributed by atoms with Crippen molar-refractivity contribution in [2.45, 2.75) is 0 Å². The molecule has 0 amide bonds. The molecule has 0 aromatic heterocycles. The normalized spacial score (nSPS) is 0. The minimum Gasteiger partial charge on any atom is -1.00 e. The van der Waals surface area contributed by atoms with E-state index < -0.39 is 0 Å². The standard InChI is InChI=1S/Au.4ClH.Na.H2O/h;4*1H;;1H2/q+3;;;;;+1;/p-4. The molecule has 0 fully saturated rings. The van der Waals surface area contributed by atoms with E-state index >= 15 is 0 Å². The predicted octanol–water partition coefficient (Wildman–Crippen LogP) is -15.8. The molecule has 0 atom stereocenters. The summed E-state index contributed by atoms with van der Waals surface area (Å²) in [4.78, 5) is 0. The molecule has 48 valence electrons. The summed E-state index contributed by atoms with van der Waals surface area (Å²) in [5.41, 5.74) is 0. The Morgan fingerprint density at radius 2 is 0.571 bits per heavy atom. The SMILES string of the molecule is O.[Au+3].[Cl-].[Cl-].[Cl-].[Cl-].[Na+]. The number of hydrogen-bond acceptors (Lipinski definition) is 0. The van der Waals surface area contributed by atoms with Gasteiger partial charge < -0.3 is 55.1 Å². The van der Waals surface area contributed by atoms with Crippen molar-refractivity contribution in [1.82, 2.24) is 0 Å². The van der Waals surface area contributed by atoms with Crippen molar-refractivity contribution in [3.8, 4) is 0 Å². The van der Waals surface area contributed by atoms with E-state index in [4.69, 9.17) is 0 Å². The van der Waals surface area contributed by atoms with Gasteiger partial charge in [-0.15, -0.1) is 0 Å². The summed E-state index contributed by atoms with van der Waals surface area (Å²) in [5, 5.41) is 0. The van der Waals surface area contributed by atoms with E-state index in [0.717, 1.165) is 0 Å². The van der Waals surface area contributed by atoms with E-state index in [0.29, 0.717) is 0 Å². The van der Waals surface area contributed by atoms with Gasteiger partial charge in [-0.25, -0.2) is 0 Å². The molecule has 0 saturated heterocycles. The van der Waals surface area contributed by atoms with Crippen molar-refractivity contribution >= 4 is 0 Å². The first-order valence-electron chi connectivity index (χ1n) is 0. The Hall–Kier alpha value is 2.86. The molecule has 0 spiro atoms. The van der Waals surface area contributed by atoms with Crippen LogP contribution in [0.4, 0.5) is 0 Å². The van der Waals surface area contributed by atoms with Crippen LogP contribution in [0.2, 0.25) is 0 Å². The summed E-state index contributed by atoms with van der Waals surface area (Å²) < 4.78 is 0. The summed E-state index contributed by atoms with van der Waals surface area (Å²) >= 11 is 0. The van der Waals surface area contributed by atoms with Crippen LogP contribution >= 0.6 is 0 Å². The average molecular weight is 380 g/mol. The molecule has 0 aromatic carbocycles. The maximum absolute atomic E-state index is 0. The molecule has 2 N–H and O–H groups in total. The number of rotatable bonds is 0. The third kappa shape index (κ3) is 51.0. The molecule has 0 saturated carbocycles. The third-order valence-corrected chi connectivity index (χ3v) is 0. The Bertz CT molecular complexity index is 11.7. The van der Waals surface area contributed by atoms with E-state index in [1.54, 1.807) is 0 Å². The van der Waals surface area contributed by atoms with Crippen LogP contribution in [0.25, 0.3) is 0 Å². The maximum Gasteiger partial charge on any atom is 3.00 e. The smallest absolute Gasteiger partial charge is 1.00 e. The van der Waals surface area contributed by atoms with Crippen molar-refractivity contribution in [3.63, 3.8) is 0 Å². The van der Waals surface area contributed by atoms with E-state index in [1.165, 1.54) is 0 Å². The van der Waals surface area contributed by atoms with Crippen LogP contribution in [-0.4, -0.2) is 5.48 Å². The molecule has 0 aromatic rings. The summed E-state index contributed by atoms with van der Waals surface area (Å²) in [5.74, 6) is 0. The molecular weight excluding hydrogens is 378 g/mol. The van der Waals surface area contributed by atoms with Gasteiger partial charge in [0.05, 0.1) is 0 Å². The quantitative estimate of drug-likeness (QED) is 0.375. The molecule has 7 heavy (non-hydrogen) atoms. The average Bonchev–Trinajstić information content (AvgIpc) is 0. The fourth-order valence-electron chi connectivity index (χ4n) is 0. The molecule has 0 bridgehead atoms. The second kappa shape index (κ2) is 66.9. The summed E-state index contributed by atoms with van der Waals surface area (Å²) in [6, 6.07) is 0. The van der Waals surface area contributed by atoms with Crippen LogP contribution in [-0.2, 0) is 22.4 Å². The van der Waals surface area contributed by atoms with Crippen LogP contribution in [0.3, 0.4) is 0 Å². The molecule has 7 heteroatoms. The Morgan fingerprint density at radius 1 is 0.571 bits per heavy atom. The second-order valence-corrected chi connectivity index (χ2v) is 0. The Morgan fingerprint density at radius 3 is 0.571 bits per heavy atom. The van der Waals surface area contributed by atoms with Crippen LogP contribution < -0.4 is 79.2 Å². The van der Waals surface area contributed by atoms with Crippen molar-refractivity contribution in [2.24, 2.45) is 0 Å². The first-order chi connectivity index (χ1) is 0. The Kier molecular flexibility index (Phi) is 904. The van der Waals surface area contributed by atoms with Crippen molar-refractivity contribution in [1.29, 1.82) is 0 Å². The molecule has 1 nitrogen and oxygen atoms in total. The minimum atomic E-state index is 0. The fraction of sp³-hybridized carbons (Fsp3) is 0. The Labute approximate surface area is 106 Å². The Balaban J connectivity index is 0. The van der Waals surface area contributed by atoms with Gasteiger partial charge in [0.2, 0.25) is 0 Å². The van der Waals surface area contributed by atoms with E-state index in [-0.39, 0.29) is 107 Å². The third-order valence-electron chi connectivity index (χ3n) is 0. The van der Waals surface area contributed by atoms with Crippen molar-refractivity contribution < 1.29 is 107 Å². The number of halogens is 4. The fourth-order valence-corrected chi connectivity index (χ4v) is 0. The van der Waals surface area contributed by atoms with Gasteiger partial charge in [-0.2, -0.15) is 0 Å². The molecule has 0 aliphatic carbocycles. The van der Waals surface area contributed by atoms with Crippen LogP contribution in [0.1, 0.15) is 0 Å². The zero-order valence-corrected chi connectivity index (χ0v) is 10.5. The topological polar surface area (TPSA) is 31.5 Å². The maximum atomic E-state index is 0. The van der Waals surface area contributed by atoms with Gasteiger partial charge in [-0.1, -0.05) is 0 Å². The molecule has 0 rings (SSSR count). The molecule has 0 heterocycles. The van der Waals surface area contributed by atoms with Gasteiger partial charge in [-0.3, -0.25) is 0 Å². The summed E-state index contributed by atoms with van der Waals surface area (Å²) in [7, 11) is 0. The van der Waals surface area contributed by atoms with Gasteiger partial charge >= 0.3 is 51.9 Å². The van der Waals surface area contributed by atoms with Crippen LogP contribution in [0.5, 0.6) is 0 Å². The minimum absolute atomic E-state index is 0. The monoisotopic (exact) mass is 378 g/mol. The number of hydrogen-bond donors (Lipinski definition) is 0. The first kappa shape index (κ1) is 94.6. The summed E-state index contributed by atoms with van der Waals surface area (Å²) in [6.45, 7) is 0. The second-order valence-electron chi connectivity index (χ2n) is 0. The van der Waals surface area contributed by atoms with Gasteiger partial charge in [0.15, 0.2) is 0 Å². The van der Waals surface area contributed by atoms with Crippen LogP contribution in [0.15, 0.2) is 0 Å². The molecule has 0 aliphatic heterocycles. The van der Waals surface area contributed by atoms with E-state index in [9.17, 15) is 0 Å². The summed E-state index contributed by atoms with van der Waals surface area (Å²) in [6.07, 6.45) is 0. The molecular formula is H2AuCl4NaO. The van der Waals surface area contributed by atoms with Crippen molar-refractivity contribution in [2.75, 3.05) is 0 Å². The van der Waals surface area contributed by atoms with Gasteiger partial charge in [0.25, 0.3) is 0 Å². The van der Waals surface area contributed by atoms with Gasteiger partial charge in [0.1, 0.15) is 0 Å². The van der Waals surface area contributed by atoms with Gasteiger partial charge in [0, 0.05) is 0 Å². The largest absolute Gasteiger partial charge is 3.00 e. The first-order valence-corrected chi connectivity index (χ1v) is 0. The zero-order valence-electron chi connectivity index (χ0n) is 3.31. The van der Waals surface area contributed by atoms with Crippen molar-refractivity contribution in [3.05, 3.63) is 0 Å². The molecule has 0 unspecified atom stereocenters. The molecule has 0 radical (unpaired) electrons. The predicted molar refractivity (Wildman–Crippen MR) is 3.61 cm³/mol. The zero-order chi connectivity index (χ0) is 0. The van der Waals surface area contributed by atoms with Gasteiger partial charge in [-0.05, 0) is 0 Å². The molecule has 0 aliphatic rings. The van der Waals surface area contributed by atoms with E-state index in [2.05, 4.69) is 0 Å².